The first-order valence-corrected chi connectivity index (χ1v) is 7.92. The minimum Gasteiger partial charge on any atom is -0.271 e. The molecular formula is C16H21N3S. The van der Waals surface area contributed by atoms with Gasteiger partial charge in [0, 0.05) is 22.8 Å². The molecule has 3 N–H and O–H groups in total. The normalized spacial score (nSPS) is 17.9. The zero-order valence-corrected chi connectivity index (χ0v) is 12.8. The number of benzene rings is 1. The second-order valence-corrected chi connectivity index (χ2v) is 6.98. The van der Waals surface area contributed by atoms with E-state index in [9.17, 15) is 0 Å². The van der Waals surface area contributed by atoms with Crippen molar-refractivity contribution >= 4 is 11.3 Å². The van der Waals surface area contributed by atoms with Gasteiger partial charge < -0.3 is 0 Å². The molecule has 1 heterocycles. The van der Waals surface area contributed by atoms with Gasteiger partial charge in [-0.1, -0.05) is 30.3 Å². The minimum absolute atomic E-state index is 0.198. The molecule has 0 spiro atoms. The van der Waals surface area contributed by atoms with Gasteiger partial charge in [-0.2, -0.15) is 0 Å². The van der Waals surface area contributed by atoms with E-state index in [2.05, 4.69) is 54.6 Å². The molecule has 4 heteroatoms. The Morgan fingerprint density at radius 1 is 1.30 bits per heavy atom. The Morgan fingerprint density at radius 3 is 2.50 bits per heavy atom. The van der Waals surface area contributed by atoms with Crippen LogP contribution in [-0.2, 0) is 11.8 Å². The number of hydrogen-bond donors (Lipinski definition) is 2. The van der Waals surface area contributed by atoms with E-state index in [1.54, 1.807) is 11.3 Å². The van der Waals surface area contributed by atoms with Crippen molar-refractivity contribution in [1.82, 2.24) is 10.4 Å². The molecule has 0 radical (unpaired) electrons. The van der Waals surface area contributed by atoms with E-state index in [-0.39, 0.29) is 11.5 Å². The molecular weight excluding hydrogens is 266 g/mol. The molecule has 3 nitrogen and oxygen atoms in total. The molecule has 1 aliphatic carbocycles. The van der Waals surface area contributed by atoms with Gasteiger partial charge in [-0.15, -0.1) is 11.3 Å². The smallest absolute Gasteiger partial charge is 0.0947 e. The molecule has 2 aromatic rings. The SMILES string of the molecule is Cc1nc(CC(NN)C2(c3ccccc3)CC2)sc1C. The first kappa shape index (κ1) is 13.7. The number of nitrogens with one attached hydrogen (secondary N) is 1. The van der Waals surface area contributed by atoms with Gasteiger partial charge in [0.15, 0.2) is 0 Å². The second-order valence-electron chi connectivity index (χ2n) is 5.69. The molecule has 0 aliphatic heterocycles. The van der Waals surface area contributed by atoms with Crippen LogP contribution in [0.4, 0.5) is 0 Å². The summed E-state index contributed by atoms with van der Waals surface area (Å²) < 4.78 is 0. The number of hydrazine groups is 1. The monoisotopic (exact) mass is 287 g/mol. The van der Waals surface area contributed by atoms with Crippen molar-refractivity contribution in [2.45, 2.75) is 44.6 Å². The molecule has 1 aromatic carbocycles. The third kappa shape index (κ3) is 2.39. The Balaban J connectivity index is 1.83. The van der Waals surface area contributed by atoms with Gasteiger partial charge in [0.05, 0.1) is 10.7 Å². The minimum atomic E-state index is 0.198. The van der Waals surface area contributed by atoms with Crippen LogP contribution >= 0.6 is 11.3 Å². The highest BCUT2D eigenvalue weighted by Crippen LogP contribution is 2.51. The first-order chi connectivity index (χ1) is 9.65. The number of thiazole rings is 1. The lowest BCUT2D eigenvalue weighted by Gasteiger charge is -2.26. The summed E-state index contributed by atoms with van der Waals surface area (Å²) in [6.45, 7) is 4.20. The largest absolute Gasteiger partial charge is 0.271 e. The van der Waals surface area contributed by atoms with Crippen LogP contribution in [0.3, 0.4) is 0 Å². The number of hydrogen-bond acceptors (Lipinski definition) is 4. The molecule has 1 fully saturated rings. The summed E-state index contributed by atoms with van der Waals surface area (Å²) in [6.07, 6.45) is 3.31. The summed E-state index contributed by atoms with van der Waals surface area (Å²) in [5.41, 5.74) is 5.79. The highest BCUT2D eigenvalue weighted by Gasteiger charge is 2.50. The molecule has 1 saturated carbocycles. The van der Waals surface area contributed by atoms with Crippen LogP contribution in [0.25, 0.3) is 0 Å². The second kappa shape index (κ2) is 5.28. The van der Waals surface area contributed by atoms with Gasteiger partial charge in [-0.3, -0.25) is 11.3 Å². The standard InChI is InChI=1S/C16H21N3S/c1-11-12(2)20-15(18-11)10-14(19-17)16(8-9-16)13-6-4-3-5-7-13/h3-7,14,19H,8-10,17H2,1-2H3. The van der Waals surface area contributed by atoms with E-state index < -0.39 is 0 Å². The Morgan fingerprint density at radius 2 is 2.00 bits per heavy atom. The lowest BCUT2D eigenvalue weighted by atomic mass is 9.86. The van der Waals surface area contributed by atoms with Crippen molar-refractivity contribution in [2.75, 3.05) is 0 Å². The number of aryl methyl sites for hydroxylation is 2. The fourth-order valence-corrected chi connectivity index (χ4v) is 3.94. The summed E-state index contributed by atoms with van der Waals surface area (Å²) >= 11 is 1.79. The summed E-state index contributed by atoms with van der Waals surface area (Å²) in [5, 5.41) is 1.19. The quantitative estimate of drug-likeness (QED) is 0.657. The van der Waals surface area contributed by atoms with E-state index in [0.717, 1.165) is 12.1 Å². The Kier molecular flexibility index (Phi) is 3.63. The molecule has 1 aromatic heterocycles. The van der Waals surface area contributed by atoms with Crippen LogP contribution in [0.1, 0.15) is 34.0 Å². The van der Waals surface area contributed by atoms with Crippen LogP contribution in [0.5, 0.6) is 0 Å². The third-order valence-electron chi connectivity index (χ3n) is 4.46. The number of nitrogens with two attached hydrogens (primary N) is 1. The number of nitrogens with zero attached hydrogens (tertiary/aromatic N) is 1. The maximum absolute atomic E-state index is 5.86. The predicted molar refractivity (Wildman–Crippen MR) is 83.8 cm³/mol. The fraction of sp³-hybridized carbons (Fsp3) is 0.438. The van der Waals surface area contributed by atoms with Crippen LogP contribution < -0.4 is 11.3 Å². The highest BCUT2D eigenvalue weighted by atomic mass is 32.1. The van der Waals surface area contributed by atoms with E-state index in [4.69, 9.17) is 5.84 Å². The van der Waals surface area contributed by atoms with Crippen molar-refractivity contribution in [1.29, 1.82) is 0 Å². The van der Waals surface area contributed by atoms with E-state index in [1.807, 2.05) is 0 Å². The van der Waals surface area contributed by atoms with Crippen LogP contribution in [-0.4, -0.2) is 11.0 Å². The van der Waals surface area contributed by atoms with E-state index in [0.29, 0.717) is 0 Å². The molecule has 106 valence electrons. The topological polar surface area (TPSA) is 50.9 Å². The maximum atomic E-state index is 5.86. The lowest BCUT2D eigenvalue weighted by molar-refractivity contribution is 0.420. The van der Waals surface area contributed by atoms with E-state index >= 15 is 0 Å². The van der Waals surface area contributed by atoms with Crippen molar-refractivity contribution in [3.05, 3.63) is 51.5 Å². The zero-order chi connectivity index (χ0) is 14.2. The number of rotatable bonds is 5. The Bertz CT molecular complexity index is 568. The Hall–Kier alpha value is -1.23. The summed E-state index contributed by atoms with van der Waals surface area (Å²) in [4.78, 5) is 5.96. The summed E-state index contributed by atoms with van der Waals surface area (Å²) in [6, 6.07) is 11.0. The molecule has 1 atom stereocenters. The molecule has 1 aliphatic rings. The van der Waals surface area contributed by atoms with Gasteiger partial charge in [0.25, 0.3) is 0 Å². The summed E-state index contributed by atoms with van der Waals surface area (Å²) in [5.74, 6) is 5.86. The van der Waals surface area contributed by atoms with Gasteiger partial charge in [0.2, 0.25) is 0 Å². The molecule has 0 saturated heterocycles. The molecule has 20 heavy (non-hydrogen) atoms. The van der Waals surface area contributed by atoms with E-state index in [1.165, 1.54) is 28.3 Å². The molecule has 1 unspecified atom stereocenters. The van der Waals surface area contributed by atoms with Crippen LogP contribution in [0.2, 0.25) is 0 Å². The van der Waals surface area contributed by atoms with Gasteiger partial charge >= 0.3 is 0 Å². The first-order valence-electron chi connectivity index (χ1n) is 7.10. The molecule has 0 amide bonds. The third-order valence-corrected chi connectivity index (χ3v) is 5.55. The fourth-order valence-electron chi connectivity index (χ4n) is 2.96. The van der Waals surface area contributed by atoms with Gasteiger partial charge in [-0.25, -0.2) is 4.98 Å². The average molecular weight is 287 g/mol. The van der Waals surface area contributed by atoms with Gasteiger partial charge in [0.1, 0.15) is 0 Å². The maximum Gasteiger partial charge on any atom is 0.0947 e. The zero-order valence-electron chi connectivity index (χ0n) is 12.0. The number of aromatic nitrogens is 1. The van der Waals surface area contributed by atoms with Crippen molar-refractivity contribution < 1.29 is 0 Å². The summed E-state index contributed by atoms with van der Waals surface area (Å²) in [7, 11) is 0. The molecule has 3 rings (SSSR count). The van der Waals surface area contributed by atoms with Crippen molar-refractivity contribution in [3.8, 4) is 0 Å². The van der Waals surface area contributed by atoms with Crippen LogP contribution in [0.15, 0.2) is 30.3 Å². The van der Waals surface area contributed by atoms with Gasteiger partial charge in [-0.05, 0) is 32.3 Å². The average Bonchev–Trinajstić information content (AvgIpc) is 3.21. The highest BCUT2D eigenvalue weighted by molar-refractivity contribution is 7.11. The van der Waals surface area contributed by atoms with Crippen molar-refractivity contribution in [3.63, 3.8) is 0 Å². The van der Waals surface area contributed by atoms with Crippen molar-refractivity contribution in [2.24, 2.45) is 5.84 Å². The molecule has 0 bridgehead atoms. The predicted octanol–water partition coefficient (Wildman–Crippen LogP) is 2.87. The lowest BCUT2D eigenvalue weighted by Crippen LogP contribution is -2.45. The Labute approximate surface area is 124 Å². The van der Waals surface area contributed by atoms with Crippen LogP contribution in [0, 0.1) is 13.8 Å².